The second-order valence-corrected chi connectivity index (χ2v) is 6.52. The highest BCUT2D eigenvalue weighted by Gasteiger charge is 2.16. The molecule has 1 heterocycles. The number of ether oxygens (including phenoxy) is 5. The Labute approximate surface area is 174 Å². The van der Waals surface area contributed by atoms with Gasteiger partial charge in [0.1, 0.15) is 23.9 Å². The number of benzene rings is 3. The minimum atomic E-state index is -0.251. The van der Waals surface area contributed by atoms with Crippen LogP contribution in [0.25, 0.3) is 0 Å². The van der Waals surface area contributed by atoms with Gasteiger partial charge < -0.3 is 29.0 Å². The number of nitrogens with one attached hydrogen (secondary N) is 1. The van der Waals surface area contributed by atoms with E-state index >= 15 is 0 Å². The highest BCUT2D eigenvalue weighted by atomic mass is 16.7. The molecule has 1 aliphatic heterocycles. The molecule has 0 spiro atoms. The summed E-state index contributed by atoms with van der Waals surface area (Å²) < 4.78 is 27.1. The molecule has 1 amide bonds. The molecule has 0 radical (unpaired) electrons. The average molecular weight is 407 g/mol. The second-order valence-electron chi connectivity index (χ2n) is 6.52. The molecule has 3 aromatic rings. The van der Waals surface area contributed by atoms with Gasteiger partial charge in [0.15, 0.2) is 11.5 Å². The van der Waals surface area contributed by atoms with E-state index in [0.29, 0.717) is 40.0 Å². The zero-order valence-corrected chi connectivity index (χ0v) is 16.6. The molecule has 30 heavy (non-hydrogen) atoms. The lowest BCUT2D eigenvalue weighted by Gasteiger charge is -2.13. The molecular formula is C23H21NO6. The third-order valence-corrected chi connectivity index (χ3v) is 4.61. The van der Waals surface area contributed by atoms with Crippen molar-refractivity contribution in [3.8, 4) is 28.7 Å². The van der Waals surface area contributed by atoms with Gasteiger partial charge in [0.25, 0.3) is 5.91 Å². The topological polar surface area (TPSA) is 75.3 Å². The number of rotatable bonds is 7. The third-order valence-electron chi connectivity index (χ3n) is 4.61. The fourth-order valence-electron chi connectivity index (χ4n) is 3.06. The summed E-state index contributed by atoms with van der Waals surface area (Å²) in [5.74, 6) is 3.02. The zero-order valence-electron chi connectivity index (χ0n) is 16.6. The molecule has 0 fully saturated rings. The van der Waals surface area contributed by atoms with Gasteiger partial charge in [-0.25, -0.2) is 0 Å². The molecule has 7 nitrogen and oxygen atoms in total. The minimum Gasteiger partial charge on any atom is -0.497 e. The Bertz CT molecular complexity index is 1070. The minimum absolute atomic E-state index is 0.182. The van der Waals surface area contributed by atoms with E-state index in [-0.39, 0.29) is 19.3 Å². The average Bonchev–Trinajstić information content (AvgIpc) is 3.25. The quantitative estimate of drug-likeness (QED) is 0.631. The van der Waals surface area contributed by atoms with Crippen molar-refractivity contribution in [1.29, 1.82) is 0 Å². The van der Waals surface area contributed by atoms with Crippen LogP contribution >= 0.6 is 0 Å². The highest BCUT2D eigenvalue weighted by Crippen LogP contribution is 2.34. The first-order valence-electron chi connectivity index (χ1n) is 9.31. The van der Waals surface area contributed by atoms with E-state index in [1.165, 1.54) is 0 Å². The largest absolute Gasteiger partial charge is 0.497 e. The summed E-state index contributed by atoms with van der Waals surface area (Å²) in [5, 5.41) is 2.87. The van der Waals surface area contributed by atoms with E-state index in [9.17, 15) is 4.79 Å². The normalized spacial score (nSPS) is 11.7. The zero-order chi connectivity index (χ0) is 20.9. The summed E-state index contributed by atoms with van der Waals surface area (Å²) in [6.45, 7) is 0.420. The fraction of sp³-hybridized carbons (Fsp3) is 0.174. The standard InChI is InChI=1S/C23H21NO6/c1-26-18-4-3-5-19(12-18)28-13-16-10-15(6-8-20(16)27-2)23(25)24-17-7-9-21-22(11-17)30-14-29-21/h3-12H,13-14H2,1-2H3,(H,24,25). The number of hydrogen-bond donors (Lipinski definition) is 1. The summed E-state index contributed by atoms with van der Waals surface area (Å²) >= 11 is 0. The van der Waals surface area contributed by atoms with Gasteiger partial charge in [0.2, 0.25) is 6.79 Å². The van der Waals surface area contributed by atoms with Crippen molar-refractivity contribution < 1.29 is 28.5 Å². The molecule has 1 N–H and O–H groups in total. The van der Waals surface area contributed by atoms with E-state index in [4.69, 9.17) is 23.7 Å². The van der Waals surface area contributed by atoms with E-state index in [1.54, 1.807) is 56.7 Å². The summed E-state index contributed by atoms with van der Waals surface area (Å²) in [7, 11) is 3.18. The fourth-order valence-corrected chi connectivity index (χ4v) is 3.06. The van der Waals surface area contributed by atoms with E-state index in [0.717, 1.165) is 5.56 Å². The van der Waals surface area contributed by atoms with Crippen molar-refractivity contribution in [2.45, 2.75) is 6.61 Å². The van der Waals surface area contributed by atoms with E-state index in [1.807, 2.05) is 18.2 Å². The number of amides is 1. The molecule has 1 aliphatic rings. The lowest BCUT2D eigenvalue weighted by molar-refractivity contribution is 0.102. The molecule has 0 saturated heterocycles. The van der Waals surface area contributed by atoms with Crippen molar-refractivity contribution in [3.63, 3.8) is 0 Å². The number of carbonyl (C=O) groups excluding carboxylic acids is 1. The summed E-state index contributed by atoms with van der Waals surface area (Å²) in [5.41, 5.74) is 1.85. The Balaban J connectivity index is 1.49. The summed E-state index contributed by atoms with van der Waals surface area (Å²) in [6.07, 6.45) is 0. The first-order valence-corrected chi connectivity index (χ1v) is 9.31. The molecule has 0 aliphatic carbocycles. The van der Waals surface area contributed by atoms with Gasteiger partial charge >= 0.3 is 0 Å². The molecule has 154 valence electrons. The summed E-state index contributed by atoms with van der Waals surface area (Å²) in [4.78, 5) is 12.7. The monoisotopic (exact) mass is 407 g/mol. The van der Waals surface area contributed by atoms with Crippen molar-refractivity contribution in [3.05, 3.63) is 71.8 Å². The lowest BCUT2D eigenvalue weighted by atomic mass is 10.1. The number of hydrogen-bond acceptors (Lipinski definition) is 6. The molecule has 3 aromatic carbocycles. The van der Waals surface area contributed by atoms with Gasteiger partial charge in [-0.05, 0) is 42.5 Å². The molecule has 4 rings (SSSR count). The summed E-state index contributed by atoms with van der Waals surface area (Å²) in [6, 6.07) is 17.8. The van der Waals surface area contributed by atoms with Crippen LogP contribution in [0.15, 0.2) is 60.7 Å². The maximum atomic E-state index is 12.7. The number of methoxy groups -OCH3 is 2. The number of fused-ring (bicyclic) bond motifs is 1. The van der Waals surface area contributed by atoms with Crippen LogP contribution in [0.2, 0.25) is 0 Å². The van der Waals surface area contributed by atoms with Gasteiger partial charge in [0.05, 0.1) is 14.2 Å². The van der Waals surface area contributed by atoms with Crippen molar-refractivity contribution in [1.82, 2.24) is 0 Å². The Morgan fingerprint density at radius 3 is 2.60 bits per heavy atom. The third kappa shape index (κ3) is 4.25. The predicted octanol–water partition coefficient (Wildman–Crippen LogP) is 4.26. The van der Waals surface area contributed by atoms with Crippen LogP contribution in [-0.4, -0.2) is 26.9 Å². The van der Waals surface area contributed by atoms with Crippen LogP contribution in [0, 0.1) is 0 Å². The molecule has 0 unspecified atom stereocenters. The maximum Gasteiger partial charge on any atom is 0.255 e. The molecular weight excluding hydrogens is 386 g/mol. The van der Waals surface area contributed by atoms with E-state index < -0.39 is 0 Å². The smallest absolute Gasteiger partial charge is 0.255 e. The molecule has 7 heteroatoms. The van der Waals surface area contributed by atoms with Gasteiger partial charge in [-0.3, -0.25) is 4.79 Å². The van der Waals surface area contributed by atoms with Gasteiger partial charge in [-0.1, -0.05) is 6.07 Å². The molecule has 0 saturated carbocycles. The van der Waals surface area contributed by atoms with Crippen LogP contribution in [-0.2, 0) is 6.61 Å². The lowest BCUT2D eigenvalue weighted by Crippen LogP contribution is -2.12. The Hall–Kier alpha value is -3.87. The molecule has 0 aromatic heterocycles. The SMILES string of the molecule is COc1cccc(OCc2cc(C(=O)Nc3ccc4c(c3)OCO4)ccc2OC)c1. The van der Waals surface area contributed by atoms with Crippen LogP contribution in [0.1, 0.15) is 15.9 Å². The number of carbonyl (C=O) groups is 1. The van der Waals surface area contributed by atoms with Crippen molar-refractivity contribution in [2.75, 3.05) is 26.3 Å². The van der Waals surface area contributed by atoms with Crippen LogP contribution in [0.4, 0.5) is 5.69 Å². The maximum absolute atomic E-state index is 12.7. The number of anilines is 1. The molecule has 0 bridgehead atoms. The Morgan fingerprint density at radius 2 is 1.77 bits per heavy atom. The van der Waals surface area contributed by atoms with Gasteiger partial charge in [0, 0.05) is 28.9 Å². The Morgan fingerprint density at radius 1 is 0.933 bits per heavy atom. The predicted molar refractivity (Wildman–Crippen MR) is 111 cm³/mol. The van der Waals surface area contributed by atoms with Gasteiger partial charge in [-0.2, -0.15) is 0 Å². The molecule has 0 atom stereocenters. The highest BCUT2D eigenvalue weighted by molar-refractivity contribution is 6.04. The van der Waals surface area contributed by atoms with Crippen molar-refractivity contribution in [2.24, 2.45) is 0 Å². The van der Waals surface area contributed by atoms with Gasteiger partial charge in [-0.15, -0.1) is 0 Å². The Kier molecular flexibility index (Phi) is 5.61. The van der Waals surface area contributed by atoms with Crippen molar-refractivity contribution >= 4 is 11.6 Å². The van der Waals surface area contributed by atoms with E-state index in [2.05, 4.69) is 5.32 Å². The van der Waals surface area contributed by atoms with Crippen LogP contribution < -0.4 is 29.0 Å². The van der Waals surface area contributed by atoms with Crippen LogP contribution in [0.5, 0.6) is 28.7 Å². The second kappa shape index (κ2) is 8.65. The van der Waals surface area contributed by atoms with Crippen LogP contribution in [0.3, 0.4) is 0 Å². The first-order chi connectivity index (χ1) is 14.7. The first kappa shape index (κ1) is 19.4.